The lowest BCUT2D eigenvalue weighted by Gasteiger charge is -2.16. The van der Waals surface area contributed by atoms with Crippen molar-refractivity contribution < 1.29 is 27.8 Å². The maximum absolute atomic E-state index is 13.2. The van der Waals surface area contributed by atoms with Gasteiger partial charge in [-0.1, -0.05) is 0 Å². The number of hydrogen-bond donors (Lipinski definition) is 1. The molecular formula is C17H17F2NO4. The van der Waals surface area contributed by atoms with Gasteiger partial charge >= 0.3 is 0 Å². The molecule has 0 fully saturated rings. The van der Waals surface area contributed by atoms with Crippen molar-refractivity contribution in [2.45, 2.75) is 13.0 Å². The Morgan fingerprint density at radius 2 is 1.58 bits per heavy atom. The fourth-order valence-corrected chi connectivity index (χ4v) is 1.93. The van der Waals surface area contributed by atoms with Gasteiger partial charge in [0.25, 0.3) is 5.91 Å². The third-order valence-electron chi connectivity index (χ3n) is 3.19. The fraction of sp³-hybridized carbons (Fsp3) is 0.235. The first kappa shape index (κ1) is 17.5. The minimum atomic E-state index is -1.04. The Morgan fingerprint density at radius 1 is 0.958 bits per heavy atom. The number of benzene rings is 2. The van der Waals surface area contributed by atoms with Gasteiger partial charge in [-0.25, -0.2) is 8.78 Å². The summed E-state index contributed by atoms with van der Waals surface area (Å²) in [6.07, 6.45) is -0.924. The summed E-state index contributed by atoms with van der Waals surface area (Å²) in [5.41, 5.74) is 0.455. The van der Waals surface area contributed by atoms with Crippen LogP contribution in [0.15, 0.2) is 36.4 Å². The summed E-state index contributed by atoms with van der Waals surface area (Å²) in [4.78, 5) is 12.2. The van der Waals surface area contributed by atoms with Crippen LogP contribution in [0.4, 0.5) is 14.5 Å². The number of nitrogens with one attached hydrogen (secondary N) is 1. The molecular weight excluding hydrogens is 320 g/mol. The van der Waals surface area contributed by atoms with Crippen LogP contribution in [0.3, 0.4) is 0 Å². The molecule has 0 saturated heterocycles. The molecule has 0 bridgehead atoms. The summed E-state index contributed by atoms with van der Waals surface area (Å²) >= 11 is 0. The lowest BCUT2D eigenvalue weighted by atomic mass is 10.2. The second-order valence-corrected chi connectivity index (χ2v) is 4.93. The van der Waals surface area contributed by atoms with Gasteiger partial charge < -0.3 is 19.5 Å². The third kappa shape index (κ3) is 4.34. The lowest BCUT2D eigenvalue weighted by molar-refractivity contribution is -0.122. The predicted octanol–water partition coefficient (Wildman–Crippen LogP) is 3.39. The van der Waals surface area contributed by atoms with Gasteiger partial charge in [-0.2, -0.15) is 0 Å². The number of carbonyl (C=O) groups excluding carboxylic acids is 1. The molecule has 0 aliphatic heterocycles. The zero-order valence-electron chi connectivity index (χ0n) is 13.4. The molecule has 1 amide bonds. The van der Waals surface area contributed by atoms with Crippen LogP contribution < -0.4 is 19.5 Å². The van der Waals surface area contributed by atoms with Gasteiger partial charge in [0.1, 0.15) is 17.2 Å². The average Bonchev–Trinajstić information content (AvgIpc) is 2.57. The van der Waals surface area contributed by atoms with Gasteiger partial charge in [-0.3, -0.25) is 4.79 Å². The van der Waals surface area contributed by atoms with E-state index < -0.39 is 23.6 Å². The van der Waals surface area contributed by atoms with Crippen molar-refractivity contribution in [1.82, 2.24) is 0 Å². The highest BCUT2D eigenvalue weighted by molar-refractivity contribution is 5.94. The summed E-state index contributed by atoms with van der Waals surface area (Å²) in [6.45, 7) is 1.49. The molecule has 5 nitrogen and oxygen atoms in total. The van der Waals surface area contributed by atoms with Gasteiger partial charge in [-0.05, 0) is 19.1 Å². The van der Waals surface area contributed by atoms with Crippen LogP contribution in [-0.4, -0.2) is 26.2 Å². The van der Waals surface area contributed by atoms with Crippen LogP contribution in [0.1, 0.15) is 6.92 Å². The van der Waals surface area contributed by atoms with Gasteiger partial charge in [0.2, 0.25) is 0 Å². The third-order valence-corrected chi connectivity index (χ3v) is 3.19. The molecule has 0 spiro atoms. The molecule has 1 N–H and O–H groups in total. The molecule has 0 aliphatic rings. The van der Waals surface area contributed by atoms with E-state index in [4.69, 9.17) is 14.2 Å². The maximum Gasteiger partial charge on any atom is 0.265 e. The van der Waals surface area contributed by atoms with E-state index in [0.29, 0.717) is 17.2 Å². The van der Waals surface area contributed by atoms with Crippen LogP contribution in [-0.2, 0) is 4.79 Å². The standard InChI is InChI=1S/C17H17F2NO4/c1-10(24-12-4-5-15(18)16(19)9-12)17(21)20-11-6-13(22-2)8-14(7-11)23-3/h4-10H,1-3H3,(H,20,21)/t10-/m0/s1. The topological polar surface area (TPSA) is 56.8 Å². The van der Waals surface area contributed by atoms with Crippen molar-refractivity contribution in [1.29, 1.82) is 0 Å². The first-order chi connectivity index (χ1) is 11.4. The number of ether oxygens (including phenoxy) is 3. The molecule has 2 rings (SSSR count). The minimum Gasteiger partial charge on any atom is -0.497 e. The van der Waals surface area contributed by atoms with E-state index in [-0.39, 0.29) is 5.75 Å². The van der Waals surface area contributed by atoms with Gasteiger partial charge in [0.15, 0.2) is 17.7 Å². The summed E-state index contributed by atoms with van der Waals surface area (Å²) in [5, 5.41) is 2.65. The maximum atomic E-state index is 13.2. The molecule has 0 heterocycles. The number of rotatable bonds is 6. The largest absolute Gasteiger partial charge is 0.497 e. The summed E-state index contributed by atoms with van der Waals surface area (Å²) < 4.78 is 41.6. The number of carbonyl (C=O) groups is 1. The molecule has 0 aromatic heterocycles. The van der Waals surface area contributed by atoms with E-state index >= 15 is 0 Å². The Kier molecular flexibility index (Phi) is 5.57. The fourth-order valence-electron chi connectivity index (χ4n) is 1.93. The van der Waals surface area contributed by atoms with E-state index in [2.05, 4.69) is 5.32 Å². The Bertz CT molecular complexity index is 714. The number of hydrogen-bond acceptors (Lipinski definition) is 4. The van der Waals surface area contributed by atoms with Gasteiger partial charge in [-0.15, -0.1) is 0 Å². The molecule has 0 radical (unpaired) electrons. The highest BCUT2D eigenvalue weighted by Crippen LogP contribution is 2.26. The van der Waals surface area contributed by atoms with E-state index in [1.54, 1.807) is 18.2 Å². The van der Waals surface area contributed by atoms with Crippen LogP contribution in [0, 0.1) is 11.6 Å². The van der Waals surface area contributed by atoms with Gasteiger partial charge in [0.05, 0.1) is 14.2 Å². The molecule has 0 saturated carbocycles. The zero-order chi connectivity index (χ0) is 17.7. The van der Waals surface area contributed by atoms with Crippen molar-refractivity contribution in [3.63, 3.8) is 0 Å². The van der Waals surface area contributed by atoms with Gasteiger partial charge in [0, 0.05) is 30.0 Å². The summed E-state index contributed by atoms with van der Waals surface area (Å²) in [6, 6.07) is 7.96. The van der Waals surface area contributed by atoms with Crippen molar-refractivity contribution >= 4 is 11.6 Å². The van der Waals surface area contributed by atoms with Crippen LogP contribution in [0.25, 0.3) is 0 Å². The van der Waals surface area contributed by atoms with E-state index in [9.17, 15) is 13.6 Å². The van der Waals surface area contributed by atoms with Crippen molar-refractivity contribution in [2.24, 2.45) is 0 Å². The number of methoxy groups -OCH3 is 2. The summed E-state index contributed by atoms with van der Waals surface area (Å²) in [7, 11) is 2.99. The van der Waals surface area contributed by atoms with Crippen molar-refractivity contribution in [3.8, 4) is 17.2 Å². The second-order valence-electron chi connectivity index (χ2n) is 4.93. The summed E-state index contributed by atoms with van der Waals surface area (Å²) in [5.74, 6) is -1.41. The van der Waals surface area contributed by atoms with E-state index in [1.165, 1.54) is 27.2 Å². The zero-order valence-corrected chi connectivity index (χ0v) is 13.4. The van der Waals surface area contributed by atoms with Crippen LogP contribution in [0.2, 0.25) is 0 Å². The van der Waals surface area contributed by atoms with E-state index in [1.807, 2.05) is 0 Å². The lowest BCUT2D eigenvalue weighted by Crippen LogP contribution is -2.30. The Labute approximate surface area is 138 Å². The quantitative estimate of drug-likeness (QED) is 0.878. The Balaban J connectivity index is 2.07. The highest BCUT2D eigenvalue weighted by Gasteiger charge is 2.16. The normalized spacial score (nSPS) is 11.5. The number of anilines is 1. The molecule has 0 unspecified atom stereocenters. The van der Waals surface area contributed by atoms with Crippen LogP contribution >= 0.6 is 0 Å². The molecule has 128 valence electrons. The van der Waals surface area contributed by atoms with Crippen molar-refractivity contribution in [3.05, 3.63) is 48.0 Å². The molecule has 7 heteroatoms. The van der Waals surface area contributed by atoms with E-state index in [0.717, 1.165) is 12.1 Å². The van der Waals surface area contributed by atoms with Crippen molar-refractivity contribution in [2.75, 3.05) is 19.5 Å². The second kappa shape index (κ2) is 7.63. The first-order valence-corrected chi connectivity index (χ1v) is 7.08. The minimum absolute atomic E-state index is 0.0553. The molecule has 24 heavy (non-hydrogen) atoms. The predicted molar refractivity (Wildman–Crippen MR) is 84.6 cm³/mol. The Morgan fingerprint density at radius 3 is 2.12 bits per heavy atom. The smallest absolute Gasteiger partial charge is 0.265 e. The number of halogens is 2. The first-order valence-electron chi connectivity index (χ1n) is 7.08. The van der Waals surface area contributed by atoms with Crippen LogP contribution in [0.5, 0.6) is 17.2 Å². The monoisotopic (exact) mass is 337 g/mol. The molecule has 2 aromatic carbocycles. The SMILES string of the molecule is COc1cc(NC(=O)[C@H](C)Oc2ccc(F)c(F)c2)cc(OC)c1. The Hall–Kier alpha value is -2.83. The molecule has 2 aromatic rings. The molecule has 1 atom stereocenters. The number of amides is 1. The molecule has 0 aliphatic carbocycles. The average molecular weight is 337 g/mol. The highest BCUT2D eigenvalue weighted by atomic mass is 19.2.